The van der Waals surface area contributed by atoms with Gasteiger partial charge >= 0.3 is 0 Å². The number of allylic oxidation sites excluding steroid dienone is 1. The Labute approximate surface area is 181 Å². The van der Waals surface area contributed by atoms with Crippen LogP contribution >= 0.6 is 11.6 Å². The molecule has 3 aromatic carbocycles. The molecule has 0 spiro atoms. The number of hydrogen-bond acceptors (Lipinski definition) is 4. The smallest absolute Gasteiger partial charge is 0.216 e. The first-order valence-corrected chi connectivity index (χ1v) is 11.1. The van der Waals surface area contributed by atoms with Crippen molar-refractivity contribution < 1.29 is 13.2 Å². The quantitative estimate of drug-likeness (QED) is 0.452. The van der Waals surface area contributed by atoms with Crippen molar-refractivity contribution in [3.63, 3.8) is 0 Å². The molecule has 0 saturated carbocycles. The van der Waals surface area contributed by atoms with Crippen LogP contribution in [0.15, 0.2) is 76.5 Å². The summed E-state index contributed by atoms with van der Waals surface area (Å²) in [4.78, 5) is -0.335. The van der Waals surface area contributed by atoms with Crippen molar-refractivity contribution in [2.75, 3.05) is 0 Å². The molecule has 0 aromatic heterocycles. The lowest BCUT2D eigenvalue weighted by Gasteiger charge is -2.09. The van der Waals surface area contributed by atoms with Crippen LogP contribution in [-0.2, 0) is 16.4 Å². The fourth-order valence-electron chi connectivity index (χ4n) is 3.08. The van der Waals surface area contributed by atoms with E-state index < -0.39 is 9.84 Å². The first-order valence-electron chi connectivity index (χ1n) is 9.20. The van der Waals surface area contributed by atoms with Crippen LogP contribution in [0, 0.1) is 25.2 Å². The standard InChI is InChI=1S/C24H20ClNO3S/c1-17-10-18(2)12-20(11-17)16-29-22-5-3-4-19(13-22)14-24(15-26)30(27,28)23-8-6-21(25)7-9-23/h3-14H,16H2,1-2H3. The Morgan fingerprint density at radius 3 is 2.33 bits per heavy atom. The maximum Gasteiger partial charge on any atom is 0.216 e. The summed E-state index contributed by atoms with van der Waals surface area (Å²) < 4.78 is 31.4. The summed E-state index contributed by atoms with van der Waals surface area (Å²) in [7, 11) is -3.94. The largest absolute Gasteiger partial charge is 0.489 e. The molecule has 0 atom stereocenters. The van der Waals surface area contributed by atoms with E-state index in [1.54, 1.807) is 30.3 Å². The summed E-state index contributed by atoms with van der Waals surface area (Å²) in [6, 6.07) is 20.7. The summed E-state index contributed by atoms with van der Waals surface area (Å²) in [5.74, 6) is 0.587. The molecule has 0 aliphatic heterocycles. The molecule has 0 aliphatic carbocycles. The van der Waals surface area contributed by atoms with Gasteiger partial charge in [-0.1, -0.05) is 53.1 Å². The summed E-state index contributed by atoms with van der Waals surface area (Å²) in [5, 5.41) is 9.88. The van der Waals surface area contributed by atoms with Gasteiger partial charge in [0, 0.05) is 5.02 Å². The summed E-state index contributed by atoms with van der Waals surface area (Å²) in [6.45, 7) is 4.46. The molecule has 0 bridgehead atoms. The lowest BCUT2D eigenvalue weighted by atomic mass is 10.1. The third-order valence-corrected chi connectivity index (χ3v) is 6.30. The average molecular weight is 438 g/mol. The van der Waals surface area contributed by atoms with Crippen LogP contribution in [-0.4, -0.2) is 8.42 Å². The van der Waals surface area contributed by atoms with Gasteiger partial charge in [0.2, 0.25) is 9.84 Å². The molecule has 0 heterocycles. The minimum atomic E-state index is -3.94. The number of sulfone groups is 1. The molecule has 0 saturated heterocycles. The molecule has 3 rings (SSSR count). The zero-order valence-corrected chi connectivity index (χ0v) is 18.2. The number of nitriles is 1. The van der Waals surface area contributed by atoms with Gasteiger partial charge in [0.15, 0.2) is 0 Å². The molecule has 0 fully saturated rings. The third-order valence-electron chi connectivity index (χ3n) is 4.37. The third kappa shape index (κ3) is 5.29. The van der Waals surface area contributed by atoms with Crippen molar-refractivity contribution in [2.24, 2.45) is 0 Å². The molecule has 0 unspecified atom stereocenters. The maximum atomic E-state index is 12.8. The van der Waals surface area contributed by atoms with E-state index in [0.29, 0.717) is 22.9 Å². The van der Waals surface area contributed by atoms with Gasteiger partial charge in [-0.05, 0) is 67.4 Å². The molecular weight excluding hydrogens is 418 g/mol. The molecule has 0 amide bonds. The molecular formula is C24H20ClNO3S. The fourth-order valence-corrected chi connectivity index (χ4v) is 4.36. The second kappa shape index (κ2) is 9.17. The first kappa shape index (κ1) is 21.6. The molecule has 0 radical (unpaired) electrons. The van der Waals surface area contributed by atoms with Crippen LogP contribution in [0.4, 0.5) is 0 Å². The van der Waals surface area contributed by atoms with Gasteiger partial charge in [-0.25, -0.2) is 8.42 Å². The van der Waals surface area contributed by atoms with Crippen LogP contribution in [0.3, 0.4) is 0 Å². The SMILES string of the molecule is Cc1cc(C)cc(COc2cccc(C=C(C#N)S(=O)(=O)c3ccc(Cl)cc3)c2)c1. The number of benzene rings is 3. The predicted octanol–water partition coefficient (Wildman–Crippen LogP) is 5.87. The van der Waals surface area contributed by atoms with E-state index in [-0.39, 0.29) is 9.80 Å². The van der Waals surface area contributed by atoms with Crippen LogP contribution in [0.2, 0.25) is 5.02 Å². The first-order chi connectivity index (χ1) is 14.3. The molecule has 4 nitrogen and oxygen atoms in total. The number of rotatable bonds is 6. The average Bonchev–Trinajstić information content (AvgIpc) is 2.70. The van der Waals surface area contributed by atoms with E-state index in [4.69, 9.17) is 16.3 Å². The Hall–Kier alpha value is -3.07. The summed E-state index contributed by atoms with van der Waals surface area (Å²) >= 11 is 5.83. The number of hydrogen-bond donors (Lipinski definition) is 0. The second-order valence-electron chi connectivity index (χ2n) is 6.93. The van der Waals surface area contributed by atoms with E-state index in [1.165, 1.54) is 30.3 Å². The zero-order chi connectivity index (χ0) is 21.7. The highest BCUT2D eigenvalue weighted by atomic mass is 35.5. The Kier molecular flexibility index (Phi) is 6.61. The number of nitrogens with zero attached hydrogens (tertiary/aromatic N) is 1. The predicted molar refractivity (Wildman–Crippen MR) is 119 cm³/mol. The molecule has 6 heteroatoms. The van der Waals surface area contributed by atoms with Crippen molar-refractivity contribution in [3.05, 3.63) is 98.9 Å². The van der Waals surface area contributed by atoms with E-state index in [0.717, 1.165) is 16.7 Å². The lowest BCUT2D eigenvalue weighted by Crippen LogP contribution is -2.03. The van der Waals surface area contributed by atoms with Gasteiger partial charge in [0.25, 0.3) is 0 Å². The van der Waals surface area contributed by atoms with Crippen molar-refractivity contribution in [1.82, 2.24) is 0 Å². The molecule has 0 aliphatic rings. The van der Waals surface area contributed by atoms with Gasteiger partial charge < -0.3 is 4.74 Å². The summed E-state index contributed by atoms with van der Waals surface area (Å²) in [6.07, 6.45) is 1.34. The van der Waals surface area contributed by atoms with Crippen molar-refractivity contribution in [2.45, 2.75) is 25.3 Å². The van der Waals surface area contributed by atoms with Crippen molar-refractivity contribution in [3.8, 4) is 11.8 Å². The maximum absolute atomic E-state index is 12.8. The lowest BCUT2D eigenvalue weighted by molar-refractivity contribution is 0.306. The molecule has 3 aromatic rings. The molecule has 152 valence electrons. The molecule has 30 heavy (non-hydrogen) atoms. The highest BCUT2D eigenvalue weighted by Gasteiger charge is 2.20. The van der Waals surface area contributed by atoms with Gasteiger partial charge in [0.1, 0.15) is 23.3 Å². The number of halogens is 1. The van der Waals surface area contributed by atoms with Gasteiger partial charge in [-0.15, -0.1) is 0 Å². The van der Waals surface area contributed by atoms with Crippen molar-refractivity contribution in [1.29, 1.82) is 5.26 Å². The van der Waals surface area contributed by atoms with Crippen LogP contribution in [0.25, 0.3) is 6.08 Å². The van der Waals surface area contributed by atoms with Crippen LogP contribution in [0.1, 0.15) is 22.3 Å². The second-order valence-corrected chi connectivity index (χ2v) is 9.29. The van der Waals surface area contributed by atoms with Crippen LogP contribution in [0.5, 0.6) is 5.75 Å². The summed E-state index contributed by atoms with van der Waals surface area (Å²) in [5.41, 5.74) is 3.94. The van der Waals surface area contributed by atoms with E-state index in [2.05, 4.69) is 18.2 Å². The van der Waals surface area contributed by atoms with Gasteiger partial charge in [-0.2, -0.15) is 5.26 Å². The van der Waals surface area contributed by atoms with E-state index >= 15 is 0 Å². The highest BCUT2D eigenvalue weighted by Crippen LogP contribution is 2.24. The monoisotopic (exact) mass is 437 g/mol. The van der Waals surface area contributed by atoms with E-state index in [9.17, 15) is 13.7 Å². The highest BCUT2D eigenvalue weighted by molar-refractivity contribution is 7.95. The van der Waals surface area contributed by atoms with Gasteiger partial charge in [-0.3, -0.25) is 0 Å². The Balaban J connectivity index is 1.84. The van der Waals surface area contributed by atoms with E-state index in [1.807, 2.05) is 13.8 Å². The van der Waals surface area contributed by atoms with Crippen LogP contribution < -0.4 is 4.74 Å². The zero-order valence-electron chi connectivity index (χ0n) is 16.6. The minimum Gasteiger partial charge on any atom is -0.489 e. The Morgan fingerprint density at radius 1 is 1.03 bits per heavy atom. The minimum absolute atomic E-state index is 0.0157. The normalized spacial score (nSPS) is 11.7. The van der Waals surface area contributed by atoms with Crippen molar-refractivity contribution >= 4 is 27.5 Å². The Bertz CT molecular complexity index is 1220. The fraction of sp³-hybridized carbons (Fsp3) is 0.125. The molecule has 0 N–H and O–H groups in total. The number of ether oxygens (including phenoxy) is 1. The van der Waals surface area contributed by atoms with Gasteiger partial charge in [0.05, 0.1) is 4.90 Å². The topological polar surface area (TPSA) is 67.2 Å². The Morgan fingerprint density at radius 2 is 1.70 bits per heavy atom. The number of aryl methyl sites for hydroxylation is 2.